The van der Waals surface area contributed by atoms with Gasteiger partial charge in [0.15, 0.2) is 9.84 Å². The molecular weight excluding hydrogens is 264 g/mol. The fraction of sp³-hybridized carbons (Fsp3) is 0.900. The smallest absolute Gasteiger partial charge is 0.243 e. The zero-order chi connectivity index (χ0) is 12.6. The lowest BCUT2D eigenvalue weighted by Gasteiger charge is -2.31. The molecule has 1 aliphatic rings. The molecule has 1 aliphatic heterocycles. The Hall–Kier alpha value is -0.330. The highest BCUT2D eigenvalue weighted by molar-refractivity contribution is 7.92. The summed E-state index contributed by atoms with van der Waals surface area (Å²) in [6.45, 7) is 4.54. The molecule has 5 nitrogen and oxygen atoms in total. The van der Waals surface area contributed by atoms with Crippen molar-refractivity contribution in [1.29, 1.82) is 0 Å². The van der Waals surface area contributed by atoms with Crippen LogP contribution in [-0.4, -0.2) is 56.4 Å². The van der Waals surface area contributed by atoms with Crippen LogP contribution in [0.2, 0.25) is 0 Å². The number of hydrogen-bond acceptors (Lipinski definition) is 4. The number of nitrogens with zero attached hydrogens (tertiary/aromatic N) is 1. The van der Waals surface area contributed by atoms with E-state index in [-0.39, 0.29) is 24.4 Å². The first-order valence-corrected chi connectivity index (χ1v) is 7.24. The van der Waals surface area contributed by atoms with Gasteiger partial charge in [0.25, 0.3) is 0 Å². The second kappa shape index (κ2) is 5.54. The van der Waals surface area contributed by atoms with E-state index in [1.54, 1.807) is 11.9 Å². The Morgan fingerprint density at radius 1 is 1.41 bits per heavy atom. The van der Waals surface area contributed by atoms with Crippen molar-refractivity contribution in [3.63, 3.8) is 0 Å². The maximum atomic E-state index is 12.1. The van der Waals surface area contributed by atoms with Gasteiger partial charge in [0.05, 0.1) is 0 Å². The minimum atomic E-state index is -3.39. The van der Waals surface area contributed by atoms with E-state index in [2.05, 4.69) is 5.32 Å². The molecule has 1 atom stereocenters. The molecule has 1 N–H and O–H groups in total. The van der Waals surface area contributed by atoms with E-state index in [0.717, 1.165) is 25.8 Å². The van der Waals surface area contributed by atoms with Crippen molar-refractivity contribution in [2.24, 2.45) is 0 Å². The topological polar surface area (TPSA) is 66.5 Å². The van der Waals surface area contributed by atoms with Crippen LogP contribution in [0.4, 0.5) is 0 Å². The highest BCUT2D eigenvalue weighted by Gasteiger charge is 2.42. The van der Waals surface area contributed by atoms with Gasteiger partial charge in [0.1, 0.15) is 4.75 Å². The Bertz CT molecular complexity index is 375. The molecule has 7 heteroatoms. The van der Waals surface area contributed by atoms with Crippen LogP contribution < -0.4 is 5.32 Å². The molecule has 0 aliphatic carbocycles. The highest BCUT2D eigenvalue weighted by atomic mass is 35.5. The van der Waals surface area contributed by atoms with Gasteiger partial charge in [0, 0.05) is 25.9 Å². The molecule has 1 fully saturated rings. The number of carbonyl (C=O) groups excluding carboxylic acids is 1. The van der Waals surface area contributed by atoms with Crippen molar-refractivity contribution in [1.82, 2.24) is 10.2 Å². The minimum absolute atomic E-state index is 0. The predicted octanol–water partition coefficient (Wildman–Crippen LogP) is 0.0517. The van der Waals surface area contributed by atoms with Gasteiger partial charge >= 0.3 is 0 Å². The summed E-state index contributed by atoms with van der Waals surface area (Å²) < 4.78 is 21.8. The predicted molar refractivity (Wildman–Crippen MR) is 70.2 cm³/mol. The van der Waals surface area contributed by atoms with Crippen molar-refractivity contribution in [2.75, 3.05) is 26.4 Å². The maximum Gasteiger partial charge on any atom is 0.243 e. The highest BCUT2D eigenvalue weighted by Crippen LogP contribution is 2.20. The van der Waals surface area contributed by atoms with Crippen LogP contribution in [0.15, 0.2) is 0 Å². The molecule has 102 valence electrons. The number of hydrogen-bond donors (Lipinski definition) is 1. The van der Waals surface area contributed by atoms with Gasteiger partial charge in [-0.1, -0.05) is 0 Å². The van der Waals surface area contributed by atoms with Crippen LogP contribution >= 0.6 is 12.4 Å². The maximum absolute atomic E-state index is 12.1. The number of sulfone groups is 1. The largest absolute Gasteiger partial charge is 0.340 e. The summed E-state index contributed by atoms with van der Waals surface area (Å²) in [7, 11) is -1.71. The molecule has 0 aromatic rings. The van der Waals surface area contributed by atoms with Crippen LogP contribution in [0.25, 0.3) is 0 Å². The lowest BCUT2D eigenvalue weighted by Crippen LogP contribution is -2.52. The SMILES string of the molecule is CN(C(=O)C(C)(C)S(C)(=O)=O)C1CCNC1.Cl. The number of rotatable bonds is 3. The Morgan fingerprint density at radius 3 is 2.29 bits per heavy atom. The van der Waals surface area contributed by atoms with Crippen molar-refractivity contribution in [3.05, 3.63) is 0 Å². The van der Waals surface area contributed by atoms with Crippen LogP contribution in [0, 0.1) is 0 Å². The summed E-state index contributed by atoms with van der Waals surface area (Å²) in [5.41, 5.74) is 0. The number of likely N-dealkylation sites (N-methyl/N-ethyl adjacent to an activating group) is 1. The summed E-state index contributed by atoms with van der Waals surface area (Å²) in [4.78, 5) is 13.7. The summed E-state index contributed by atoms with van der Waals surface area (Å²) in [5.74, 6) is -0.330. The van der Waals surface area contributed by atoms with Gasteiger partial charge < -0.3 is 10.2 Å². The van der Waals surface area contributed by atoms with Gasteiger partial charge in [-0.25, -0.2) is 8.42 Å². The molecule has 1 saturated heterocycles. The molecule has 0 aromatic carbocycles. The van der Waals surface area contributed by atoms with Crippen LogP contribution in [0.3, 0.4) is 0 Å². The molecule has 1 heterocycles. The van der Waals surface area contributed by atoms with E-state index in [9.17, 15) is 13.2 Å². The molecule has 1 unspecified atom stereocenters. The molecule has 0 aromatic heterocycles. The van der Waals surface area contributed by atoms with Crippen molar-refractivity contribution >= 4 is 28.2 Å². The number of nitrogens with one attached hydrogen (secondary N) is 1. The molecule has 17 heavy (non-hydrogen) atoms. The minimum Gasteiger partial charge on any atom is -0.340 e. The Labute approximate surface area is 109 Å². The van der Waals surface area contributed by atoms with Gasteiger partial charge in [0.2, 0.25) is 5.91 Å². The fourth-order valence-corrected chi connectivity index (χ4v) is 2.18. The Kier molecular flexibility index (Phi) is 5.43. The molecule has 0 bridgehead atoms. The first kappa shape index (κ1) is 16.7. The summed E-state index contributed by atoms with van der Waals surface area (Å²) in [6.07, 6.45) is 1.98. The zero-order valence-electron chi connectivity index (χ0n) is 10.7. The molecule has 0 saturated carbocycles. The van der Waals surface area contributed by atoms with Gasteiger partial charge in [-0.05, 0) is 26.8 Å². The standard InChI is InChI=1S/C10H20N2O3S.ClH/c1-10(2,16(4,14)15)9(13)12(3)8-5-6-11-7-8;/h8,11H,5-7H2,1-4H3;1H. The summed E-state index contributed by atoms with van der Waals surface area (Å²) in [5, 5.41) is 3.15. The summed E-state index contributed by atoms with van der Waals surface area (Å²) >= 11 is 0. The number of carbonyl (C=O) groups is 1. The average molecular weight is 285 g/mol. The lowest BCUT2D eigenvalue weighted by atomic mass is 10.1. The Balaban J connectivity index is 0.00000256. The second-order valence-corrected chi connectivity index (χ2v) is 7.41. The van der Waals surface area contributed by atoms with Crippen LogP contribution in [0.1, 0.15) is 20.3 Å². The van der Waals surface area contributed by atoms with Crippen LogP contribution in [-0.2, 0) is 14.6 Å². The summed E-state index contributed by atoms with van der Waals surface area (Å²) in [6, 6.07) is 0.105. The Morgan fingerprint density at radius 2 is 1.94 bits per heavy atom. The number of halogens is 1. The van der Waals surface area contributed by atoms with Gasteiger partial charge in [-0.3, -0.25) is 4.79 Å². The third kappa shape index (κ3) is 3.33. The van der Waals surface area contributed by atoms with Crippen molar-refractivity contribution in [2.45, 2.75) is 31.1 Å². The number of amides is 1. The first-order chi connectivity index (χ1) is 7.18. The third-order valence-corrected chi connectivity index (χ3v) is 5.37. The fourth-order valence-electron chi connectivity index (χ4n) is 1.72. The van der Waals surface area contributed by atoms with E-state index in [1.165, 1.54) is 13.8 Å². The monoisotopic (exact) mass is 284 g/mol. The zero-order valence-corrected chi connectivity index (χ0v) is 12.3. The molecule has 1 amide bonds. The van der Waals surface area contributed by atoms with E-state index in [0.29, 0.717) is 0 Å². The lowest BCUT2D eigenvalue weighted by molar-refractivity contribution is -0.133. The van der Waals surface area contributed by atoms with Crippen LogP contribution in [0.5, 0.6) is 0 Å². The average Bonchev–Trinajstić information content (AvgIpc) is 2.66. The van der Waals surface area contributed by atoms with E-state index in [1.807, 2.05) is 0 Å². The quantitative estimate of drug-likeness (QED) is 0.795. The van der Waals surface area contributed by atoms with Crippen molar-refractivity contribution in [3.8, 4) is 0 Å². The second-order valence-electron chi connectivity index (χ2n) is 4.85. The third-order valence-electron chi connectivity index (χ3n) is 3.34. The van der Waals surface area contributed by atoms with Gasteiger partial charge in [-0.15, -0.1) is 12.4 Å². The van der Waals surface area contributed by atoms with E-state index < -0.39 is 14.6 Å². The molecule has 0 spiro atoms. The van der Waals surface area contributed by atoms with E-state index in [4.69, 9.17) is 0 Å². The van der Waals surface area contributed by atoms with Gasteiger partial charge in [-0.2, -0.15) is 0 Å². The van der Waals surface area contributed by atoms with Crippen molar-refractivity contribution < 1.29 is 13.2 Å². The molecule has 0 radical (unpaired) electrons. The van der Waals surface area contributed by atoms with E-state index >= 15 is 0 Å². The first-order valence-electron chi connectivity index (χ1n) is 5.35. The molecular formula is C10H21ClN2O3S. The normalized spacial score (nSPS) is 20.8. The molecule has 1 rings (SSSR count).